The molecule has 0 bridgehead atoms. The Morgan fingerprint density at radius 1 is 1.10 bits per heavy atom. The van der Waals surface area contributed by atoms with E-state index in [0.717, 1.165) is 29.9 Å². The summed E-state index contributed by atoms with van der Waals surface area (Å²) in [5.41, 5.74) is 3.43. The number of aliphatic hydroxyl groups is 1. The summed E-state index contributed by atoms with van der Waals surface area (Å²) in [7, 11) is 0. The normalized spacial score (nSPS) is 16.9. The number of nitrogens with zero attached hydrogens (tertiary/aromatic N) is 1. The second kappa shape index (κ2) is 4.93. The van der Waals surface area contributed by atoms with Gasteiger partial charge >= 0.3 is 0 Å². The van der Waals surface area contributed by atoms with Crippen LogP contribution in [0.2, 0.25) is 0 Å². The smallest absolute Gasteiger partial charge is 0.122 e. The first kappa shape index (κ1) is 12.5. The summed E-state index contributed by atoms with van der Waals surface area (Å²) in [5.74, 6) is 1.37. The van der Waals surface area contributed by atoms with Gasteiger partial charge in [0.1, 0.15) is 5.75 Å². The zero-order valence-corrected chi connectivity index (χ0v) is 11.7. The number of aliphatic hydroxyl groups excluding tert-OH is 1. The maximum Gasteiger partial charge on any atom is 0.122 e. The number of ether oxygens (including phenoxy) is 1. The fourth-order valence-electron chi connectivity index (χ4n) is 3.22. The van der Waals surface area contributed by atoms with Gasteiger partial charge in [-0.3, -0.25) is 0 Å². The lowest BCUT2D eigenvalue weighted by Crippen LogP contribution is -2.09. The molecule has 3 aromatic rings. The lowest BCUT2D eigenvalue weighted by molar-refractivity contribution is 0.282. The molecule has 2 heterocycles. The molecule has 3 nitrogen and oxygen atoms in total. The Kier molecular flexibility index (Phi) is 2.93. The summed E-state index contributed by atoms with van der Waals surface area (Å²) in [6.45, 7) is 1.67. The van der Waals surface area contributed by atoms with E-state index >= 15 is 0 Å². The third kappa shape index (κ3) is 2.01. The standard InChI is InChI=1S/C18H17NO2/c20-11-13-9-19(17-7-3-1-5-15(13)17)10-14-12-21-18-8-4-2-6-16(14)18/h1-9,14,20H,10-12H2. The van der Waals surface area contributed by atoms with Crippen molar-refractivity contribution in [3.63, 3.8) is 0 Å². The predicted octanol–water partition coefficient (Wildman–Crippen LogP) is 3.31. The maximum atomic E-state index is 9.53. The van der Waals surface area contributed by atoms with Crippen molar-refractivity contribution in [2.75, 3.05) is 6.61 Å². The monoisotopic (exact) mass is 279 g/mol. The van der Waals surface area contributed by atoms with Crippen LogP contribution >= 0.6 is 0 Å². The lowest BCUT2D eigenvalue weighted by Gasteiger charge is -2.11. The summed E-state index contributed by atoms with van der Waals surface area (Å²) in [6.07, 6.45) is 2.06. The fourth-order valence-corrected chi connectivity index (χ4v) is 3.22. The van der Waals surface area contributed by atoms with Crippen LogP contribution in [0.4, 0.5) is 0 Å². The topological polar surface area (TPSA) is 34.4 Å². The third-order valence-corrected chi connectivity index (χ3v) is 4.26. The van der Waals surface area contributed by atoms with Crippen molar-refractivity contribution >= 4 is 10.9 Å². The van der Waals surface area contributed by atoms with E-state index in [2.05, 4.69) is 35.0 Å². The minimum Gasteiger partial charge on any atom is -0.493 e. The van der Waals surface area contributed by atoms with E-state index in [-0.39, 0.29) is 6.61 Å². The summed E-state index contributed by atoms with van der Waals surface area (Å²) in [5, 5.41) is 10.7. The van der Waals surface area contributed by atoms with Gasteiger partial charge in [0.25, 0.3) is 0 Å². The maximum absolute atomic E-state index is 9.53. The highest BCUT2D eigenvalue weighted by molar-refractivity contribution is 5.83. The highest BCUT2D eigenvalue weighted by Gasteiger charge is 2.24. The molecular weight excluding hydrogens is 262 g/mol. The molecule has 1 aromatic heterocycles. The molecule has 0 spiro atoms. The van der Waals surface area contributed by atoms with Crippen molar-refractivity contribution in [3.8, 4) is 5.75 Å². The van der Waals surface area contributed by atoms with E-state index in [1.807, 2.05) is 24.3 Å². The molecule has 0 fully saturated rings. The van der Waals surface area contributed by atoms with E-state index in [0.29, 0.717) is 5.92 Å². The van der Waals surface area contributed by atoms with Crippen molar-refractivity contribution in [1.82, 2.24) is 4.57 Å². The molecule has 0 radical (unpaired) electrons. The first-order valence-corrected chi connectivity index (χ1v) is 7.26. The molecule has 3 heteroatoms. The molecule has 0 saturated carbocycles. The average molecular weight is 279 g/mol. The van der Waals surface area contributed by atoms with Crippen LogP contribution in [-0.4, -0.2) is 16.3 Å². The molecule has 0 saturated heterocycles. The van der Waals surface area contributed by atoms with Gasteiger partial charge in [0.05, 0.1) is 13.2 Å². The second-order valence-corrected chi connectivity index (χ2v) is 5.53. The van der Waals surface area contributed by atoms with Crippen LogP contribution in [0.3, 0.4) is 0 Å². The van der Waals surface area contributed by atoms with Gasteiger partial charge in [-0.05, 0) is 12.1 Å². The molecule has 21 heavy (non-hydrogen) atoms. The fraction of sp³-hybridized carbons (Fsp3) is 0.222. The summed E-state index contributed by atoms with van der Waals surface area (Å²) in [6, 6.07) is 16.5. The molecule has 0 aliphatic carbocycles. The zero-order chi connectivity index (χ0) is 14.2. The Balaban J connectivity index is 1.73. The van der Waals surface area contributed by atoms with Gasteiger partial charge in [-0.2, -0.15) is 0 Å². The lowest BCUT2D eigenvalue weighted by atomic mass is 10.0. The van der Waals surface area contributed by atoms with Crippen LogP contribution in [0.25, 0.3) is 10.9 Å². The van der Waals surface area contributed by atoms with Gasteiger partial charge in [-0.1, -0.05) is 36.4 Å². The van der Waals surface area contributed by atoms with Crippen molar-refractivity contribution in [1.29, 1.82) is 0 Å². The number of hydrogen-bond donors (Lipinski definition) is 1. The highest BCUT2D eigenvalue weighted by atomic mass is 16.5. The number of aromatic nitrogens is 1. The Hall–Kier alpha value is -2.26. The van der Waals surface area contributed by atoms with Crippen LogP contribution in [-0.2, 0) is 13.2 Å². The molecule has 1 aliphatic heterocycles. The molecule has 1 unspecified atom stereocenters. The van der Waals surface area contributed by atoms with E-state index in [1.165, 1.54) is 11.1 Å². The molecule has 1 aliphatic rings. The Labute approximate surface area is 123 Å². The Morgan fingerprint density at radius 2 is 1.90 bits per heavy atom. The minimum atomic E-state index is 0.0747. The second-order valence-electron chi connectivity index (χ2n) is 5.53. The third-order valence-electron chi connectivity index (χ3n) is 4.26. The molecule has 1 atom stereocenters. The van der Waals surface area contributed by atoms with Crippen molar-refractivity contribution < 1.29 is 9.84 Å². The number of rotatable bonds is 3. The first-order valence-electron chi connectivity index (χ1n) is 7.26. The summed E-state index contributed by atoms with van der Waals surface area (Å²) < 4.78 is 8.00. The van der Waals surface area contributed by atoms with Gasteiger partial charge in [0.15, 0.2) is 0 Å². The van der Waals surface area contributed by atoms with Crippen LogP contribution in [0.5, 0.6) is 5.75 Å². The predicted molar refractivity (Wildman–Crippen MR) is 82.5 cm³/mol. The van der Waals surface area contributed by atoms with Crippen molar-refractivity contribution in [2.45, 2.75) is 19.1 Å². The first-order chi connectivity index (χ1) is 10.4. The van der Waals surface area contributed by atoms with Crippen LogP contribution in [0.1, 0.15) is 17.0 Å². The average Bonchev–Trinajstić information content (AvgIpc) is 3.10. The van der Waals surface area contributed by atoms with Gasteiger partial charge in [-0.15, -0.1) is 0 Å². The largest absolute Gasteiger partial charge is 0.493 e. The zero-order valence-electron chi connectivity index (χ0n) is 11.7. The number of fused-ring (bicyclic) bond motifs is 2. The van der Waals surface area contributed by atoms with Gasteiger partial charge < -0.3 is 14.4 Å². The Bertz CT molecular complexity index is 791. The quantitative estimate of drug-likeness (QED) is 0.798. The van der Waals surface area contributed by atoms with Gasteiger partial charge in [0, 0.05) is 40.7 Å². The molecule has 0 amide bonds. The number of hydrogen-bond acceptors (Lipinski definition) is 2. The minimum absolute atomic E-state index is 0.0747. The highest BCUT2D eigenvalue weighted by Crippen LogP contribution is 2.35. The SMILES string of the molecule is OCc1cn(CC2COc3ccccc32)c2ccccc12. The molecule has 4 rings (SSSR count). The van der Waals surface area contributed by atoms with E-state index in [1.54, 1.807) is 0 Å². The van der Waals surface area contributed by atoms with Gasteiger partial charge in [-0.25, -0.2) is 0 Å². The summed E-state index contributed by atoms with van der Waals surface area (Å²) >= 11 is 0. The number of benzene rings is 2. The number of para-hydroxylation sites is 2. The van der Waals surface area contributed by atoms with E-state index in [9.17, 15) is 5.11 Å². The van der Waals surface area contributed by atoms with Crippen LogP contribution < -0.4 is 4.74 Å². The molecule has 2 aromatic carbocycles. The van der Waals surface area contributed by atoms with E-state index < -0.39 is 0 Å². The molecular formula is C18H17NO2. The van der Waals surface area contributed by atoms with Crippen molar-refractivity contribution in [3.05, 3.63) is 65.9 Å². The summed E-state index contributed by atoms with van der Waals surface area (Å²) in [4.78, 5) is 0. The molecule has 1 N–H and O–H groups in total. The van der Waals surface area contributed by atoms with E-state index in [4.69, 9.17) is 4.74 Å². The van der Waals surface area contributed by atoms with Crippen LogP contribution in [0, 0.1) is 0 Å². The van der Waals surface area contributed by atoms with Crippen LogP contribution in [0.15, 0.2) is 54.7 Å². The molecule has 106 valence electrons. The van der Waals surface area contributed by atoms with Gasteiger partial charge in [0.2, 0.25) is 0 Å². The van der Waals surface area contributed by atoms with Crippen molar-refractivity contribution in [2.24, 2.45) is 0 Å². The Morgan fingerprint density at radius 3 is 2.81 bits per heavy atom.